The first-order chi connectivity index (χ1) is 13.8. The molecule has 28 heavy (non-hydrogen) atoms. The number of H-pyrrole nitrogens is 1. The van der Waals surface area contributed by atoms with Crippen LogP contribution in [0.2, 0.25) is 0 Å². The second kappa shape index (κ2) is 10.6. The van der Waals surface area contributed by atoms with Gasteiger partial charge >= 0.3 is 0 Å². The first-order valence-corrected chi connectivity index (χ1v) is 10.5. The number of nitrogens with zero attached hydrogens (tertiary/aromatic N) is 3. The Morgan fingerprint density at radius 3 is 2.50 bits per heavy atom. The number of nitrogens with one attached hydrogen (secondary N) is 3. The predicted octanol–water partition coefficient (Wildman–Crippen LogP) is 5.72. The minimum Gasteiger partial charge on any atom is -0.365 e. The molecule has 3 rings (SSSR count). The van der Waals surface area contributed by atoms with Crippen LogP contribution >= 0.6 is 0 Å². The van der Waals surface area contributed by atoms with Gasteiger partial charge in [-0.15, -0.1) is 0 Å². The standard InChI is InChI=1S/C22H32N6/c1-3-5-13-17(12-4-2)26-22-27-20-19(23-16-24-20)21(28-22)25-18-14-10-8-6-7-9-11-15-18/h3-5,12-13,16,18H,6-11,14-15H2,1-2H3,(H3,23,24,25,26,27,28)/b5-3-,12-4-,17-13+. The molecule has 0 atom stereocenters. The van der Waals surface area contributed by atoms with Crippen molar-refractivity contribution in [3.8, 4) is 0 Å². The smallest absolute Gasteiger partial charge is 0.231 e. The zero-order valence-corrected chi connectivity index (χ0v) is 17.0. The van der Waals surface area contributed by atoms with Crippen LogP contribution in [0.1, 0.15) is 65.2 Å². The van der Waals surface area contributed by atoms with Gasteiger partial charge in [-0.2, -0.15) is 9.97 Å². The zero-order chi connectivity index (χ0) is 19.6. The predicted molar refractivity (Wildman–Crippen MR) is 117 cm³/mol. The summed E-state index contributed by atoms with van der Waals surface area (Å²) in [6, 6.07) is 0.445. The van der Waals surface area contributed by atoms with Crippen molar-refractivity contribution in [1.29, 1.82) is 0 Å². The van der Waals surface area contributed by atoms with Crippen molar-refractivity contribution >= 4 is 22.9 Å². The molecule has 1 saturated carbocycles. The lowest BCUT2D eigenvalue weighted by Crippen LogP contribution is -2.21. The fourth-order valence-corrected chi connectivity index (χ4v) is 3.61. The van der Waals surface area contributed by atoms with Crippen molar-refractivity contribution in [1.82, 2.24) is 19.9 Å². The van der Waals surface area contributed by atoms with E-state index in [2.05, 4.69) is 25.6 Å². The van der Waals surface area contributed by atoms with E-state index in [1.165, 1.54) is 51.4 Å². The van der Waals surface area contributed by atoms with Gasteiger partial charge in [0, 0.05) is 11.7 Å². The van der Waals surface area contributed by atoms with E-state index in [1.807, 2.05) is 44.2 Å². The van der Waals surface area contributed by atoms with Crippen LogP contribution in [0.5, 0.6) is 0 Å². The van der Waals surface area contributed by atoms with Crippen LogP contribution < -0.4 is 10.6 Å². The molecule has 6 nitrogen and oxygen atoms in total. The van der Waals surface area contributed by atoms with Crippen LogP contribution in [-0.4, -0.2) is 26.0 Å². The topological polar surface area (TPSA) is 78.5 Å². The highest BCUT2D eigenvalue weighted by atomic mass is 15.2. The highest BCUT2D eigenvalue weighted by molar-refractivity contribution is 5.84. The van der Waals surface area contributed by atoms with Gasteiger partial charge in [-0.3, -0.25) is 0 Å². The largest absolute Gasteiger partial charge is 0.365 e. The molecule has 0 saturated heterocycles. The highest BCUT2D eigenvalue weighted by Crippen LogP contribution is 2.24. The first kappa shape index (κ1) is 20.1. The molecule has 1 aliphatic carbocycles. The fourth-order valence-electron chi connectivity index (χ4n) is 3.61. The Morgan fingerprint density at radius 2 is 1.79 bits per heavy atom. The van der Waals surface area contributed by atoms with Gasteiger partial charge in [-0.05, 0) is 38.8 Å². The van der Waals surface area contributed by atoms with Gasteiger partial charge in [0.05, 0.1) is 6.33 Å². The van der Waals surface area contributed by atoms with E-state index in [4.69, 9.17) is 4.98 Å². The van der Waals surface area contributed by atoms with Crippen LogP contribution in [0.3, 0.4) is 0 Å². The summed E-state index contributed by atoms with van der Waals surface area (Å²) in [5.41, 5.74) is 2.48. The maximum Gasteiger partial charge on any atom is 0.231 e. The average Bonchev–Trinajstić information content (AvgIpc) is 3.20. The van der Waals surface area contributed by atoms with Crippen molar-refractivity contribution in [3.05, 3.63) is 42.4 Å². The SMILES string of the molecule is C\C=C/C=C(\C=C/C)Nc1nc(NC2CCCCCCCC2)c2[nH]cnc2n1. The van der Waals surface area contributed by atoms with Crippen molar-refractivity contribution in [2.75, 3.05) is 10.6 Å². The third-order valence-corrected chi connectivity index (χ3v) is 5.05. The van der Waals surface area contributed by atoms with E-state index in [1.54, 1.807) is 6.33 Å². The van der Waals surface area contributed by atoms with Crippen molar-refractivity contribution < 1.29 is 0 Å². The van der Waals surface area contributed by atoms with Gasteiger partial charge in [0.1, 0.15) is 5.52 Å². The van der Waals surface area contributed by atoms with Crippen LogP contribution in [0.25, 0.3) is 11.2 Å². The van der Waals surface area contributed by atoms with E-state index in [-0.39, 0.29) is 0 Å². The molecule has 2 aromatic rings. The third kappa shape index (κ3) is 5.68. The molecule has 0 bridgehead atoms. The number of hydrogen-bond acceptors (Lipinski definition) is 5. The molecular formula is C22H32N6. The molecule has 1 fully saturated rings. The fraction of sp³-hybridized carbons (Fsp3) is 0.500. The normalized spacial score (nSPS) is 17.7. The van der Waals surface area contributed by atoms with Crippen LogP contribution in [0.15, 0.2) is 42.4 Å². The maximum atomic E-state index is 4.77. The average molecular weight is 381 g/mol. The number of aromatic nitrogens is 4. The monoisotopic (exact) mass is 380 g/mol. The van der Waals surface area contributed by atoms with E-state index >= 15 is 0 Å². The summed E-state index contributed by atoms with van der Waals surface area (Å²) in [5, 5.41) is 6.99. The first-order valence-electron chi connectivity index (χ1n) is 10.5. The Morgan fingerprint density at radius 1 is 1.04 bits per heavy atom. The molecule has 0 aliphatic heterocycles. The number of hydrogen-bond donors (Lipinski definition) is 3. The summed E-state index contributed by atoms with van der Waals surface area (Å²) in [6.07, 6.45) is 22.0. The Hall–Kier alpha value is -2.63. The summed E-state index contributed by atoms with van der Waals surface area (Å²) in [4.78, 5) is 16.9. The zero-order valence-electron chi connectivity index (χ0n) is 17.0. The molecule has 0 radical (unpaired) electrons. The lowest BCUT2D eigenvalue weighted by atomic mass is 10.1. The Labute approximate surface area is 167 Å². The number of allylic oxidation sites excluding steroid dienone is 5. The molecule has 1 aliphatic rings. The number of fused-ring (bicyclic) bond motifs is 1. The molecule has 0 spiro atoms. The number of imidazole rings is 1. The Balaban J connectivity index is 1.84. The summed E-state index contributed by atoms with van der Waals surface area (Å²) in [5.74, 6) is 1.39. The lowest BCUT2D eigenvalue weighted by Gasteiger charge is -2.19. The summed E-state index contributed by atoms with van der Waals surface area (Å²) in [6.45, 7) is 3.99. The van der Waals surface area contributed by atoms with Gasteiger partial charge in [-0.1, -0.05) is 56.8 Å². The van der Waals surface area contributed by atoms with Crippen molar-refractivity contribution in [3.63, 3.8) is 0 Å². The van der Waals surface area contributed by atoms with Crippen molar-refractivity contribution in [2.45, 2.75) is 71.3 Å². The Bertz CT molecular complexity index is 823. The van der Waals surface area contributed by atoms with Crippen LogP contribution in [0, 0.1) is 0 Å². The van der Waals surface area contributed by atoms with E-state index in [0.717, 1.165) is 17.0 Å². The lowest BCUT2D eigenvalue weighted by molar-refractivity contribution is 0.562. The molecule has 6 heteroatoms. The summed E-state index contributed by atoms with van der Waals surface area (Å²) >= 11 is 0. The van der Waals surface area contributed by atoms with Gasteiger partial charge in [0.15, 0.2) is 11.5 Å². The minimum absolute atomic E-state index is 0.445. The molecular weight excluding hydrogens is 348 g/mol. The van der Waals surface area contributed by atoms with Gasteiger partial charge in [0.25, 0.3) is 0 Å². The van der Waals surface area contributed by atoms with Crippen LogP contribution in [-0.2, 0) is 0 Å². The van der Waals surface area contributed by atoms with Gasteiger partial charge < -0.3 is 15.6 Å². The number of anilines is 2. The van der Waals surface area contributed by atoms with Crippen LogP contribution in [0.4, 0.5) is 11.8 Å². The van der Waals surface area contributed by atoms with E-state index in [0.29, 0.717) is 17.6 Å². The van der Waals surface area contributed by atoms with E-state index < -0.39 is 0 Å². The Kier molecular flexibility index (Phi) is 7.64. The minimum atomic E-state index is 0.445. The summed E-state index contributed by atoms with van der Waals surface area (Å²) < 4.78 is 0. The third-order valence-electron chi connectivity index (χ3n) is 5.05. The van der Waals surface area contributed by atoms with Gasteiger partial charge in [-0.25, -0.2) is 4.98 Å². The second-order valence-corrected chi connectivity index (χ2v) is 7.31. The molecule has 0 aromatic carbocycles. The quantitative estimate of drug-likeness (QED) is 0.559. The van der Waals surface area contributed by atoms with E-state index in [9.17, 15) is 0 Å². The maximum absolute atomic E-state index is 4.77. The number of rotatable bonds is 6. The van der Waals surface area contributed by atoms with Gasteiger partial charge in [0.2, 0.25) is 5.95 Å². The molecule has 2 heterocycles. The molecule has 0 amide bonds. The number of aromatic amines is 1. The molecule has 0 unspecified atom stereocenters. The molecule has 3 N–H and O–H groups in total. The molecule has 150 valence electrons. The molecule has 2 aromatic heterocycles. The summed E-state index contributed by atoms with van der Waals surface area (Å²) in [7, 11) is 0. The highest BCUT2D eigenvalue weighted by Gasteiger charge is 2.16. The van der Waals surface area contributed by atoms with Crippen molar-refractivity contribution in [2.24, 2.45) is 0 Å². The second-order valence-electron chi connectivity index (χ2n) is 7.31.